The van der Waals surface area contributed by atoms with Crippen molar-refractivity contribution in [3.63, 3.8) is 0 Å². The average Bonchev–Trinajstić information content (AvgIpc) is 3.36. The molecule has 1 aliphatic heterocycles. The van der Waals surface area contributed by atoms with Crippen LogP contribution in [0.4, 0.5) is 5.82 Å². The van der Waals surface area contributed by atoms with Crippen molar-refractivity contribution in [3.8, 4) is 11.5 Å². The van der Waals surface area contributed by atoms with Gasteiger partial charge < -0.3 is 14.8 Å². The topological polar surface area (TPSA) is 68.6 Å². The highest BCUT2D eigenvalue weighted by atomic mass is 32.1. The fourth-order valence-electron chi connectivity index (χ4n) is 4.04. The van der Waals surface area contributed by atoms with E-state index in [9.17, 15) is 4.79 Å². The van der Waals surface area contributed by atoms with E-state index in [0.717, 1.165) is 30.0 Å². The molecule has 1 atom stereocenters. The van der Waals surface area contributed by atoms with Gasteiger partial charge in [0.1, 0.15) is 5.82 Å². The van der Waals surface area contributed by atoms with E-state index in [4.69, 9.17) is 9.47 Å². The molecule has 7 nitrogen and oxygen atoms in total. The highest BCUT2D eigenvalue weighted by molar-refractivity contribution is 7.10. The highest BCUT2D eigenvalue weighted by Crippen LogP contribution is 2.42. The van der Waals surface area contributed by atoms with Crippen LogP contribution in [0.15, 0.2) is 35.7 Å². The molecular weight excluding hydrogens is 400 g/mol. The molecule has 1 aliphatic rings. The molecule has 0 bridgehead atoms. The maximum absolute atomic E-state index is 12.9. The van der Waals surface area contributed by atoms with E-state index in [1.807, 2.05) is 32.2 Å². The van der Waals surface area contributed by atoms with E-state index in [2.05, 4.69) is 32.8 Å². The van der Waals surface area contributed by atoms with Crippen LogP contribution in [0.1, 0.15) is 27.7 Å². The lowest BCUT2D eigenvalue weighted by molar-refractivity contribution is -0.117. The minimum atomic E-state index is -0.0523. The molecule has 2 aromatic heterocycles. The summed E-state index contributed by atoms with van der Waals surface area (Å²) < 4.78 is 12.7. The number of thiophene rings is 1. The predicted octanol–water partition coefficient (Wildman–Crippen LogP) is 3.39. The first kappa shape index (κ1) is 20.4. The van der Waals surface area contributed by atoms with E-state index >= 15 is 0 Å². The third kappa shape index (κ3) is 3.93. The number of methoxy groups -OCH3 is 2. The first-order valence-electron chi connectivity index (χ1n) is 9.83. The summed E-state index contributed by atoms with van der Waals surface area (Å²) in [5.41, 5.74) is 3.26. The van der Waals surface area contributed by atoms with Crippen molar-refractivity contribution in [2.24, 2.45) is 7.05 Å². The zero-order valence-electron chi connectivity index (χ0n) is 17.6. The molecule has 1 aromatic carbocycles. The minimum Gasteiger partial charge on any atom is -0.493 e. The van der Waals surface area contributed by atoms with Gasteiger partial charge in [0.05, 0.1) is 32.5 Å². The van der Waals surface area contributed by atoms with Crippen LogP contribution in [0.5, 0.6) is 11.5 Å². The number of aromatic nitrogens is 2. The molecule has 4 rings (SSSR count). The van der Waals surface area contributed by atoms with Gasteiger partial charge in [0, 0.05) is 24.5 Å². The van der Waals surface area contributed by atoms with Gasteiger partial charge in [0.15, 0.2) is 11.5 Å². The Labute approximate surface area is 180 Å². The average molecular weight is 427 g/mol. The number of hydrogen-bond donors (Lipinski definition) is 1. The zero-order valence-corrected chi connectivity index (χ0v) is 18.5. The molecule has 0 aliphatic carbocycles. The standard InChI is InChI=1S/C22H26N4O3S/c1-14-10-20(25(2)24-14)23-21(27)13-26-8-7-15-11-17(28-3)18(29-4)12-16(15)22(26)19-6-5-9-30-19/h5-6,9-12,22H,7-8,13H2,1-4H3,(H,23,27). The molecule has 1 amide bonds. The van der Waals surface area contributed by atoms with Crippen LogP contribution in [-0.2, 0) is 18.3 Å². The number of nitrogens with one attached hydrogen (secondary N) is 1. The second-order valence-corrected chi connectivity index (χ2v) is 8.37. The molecule has 1 unspecified atom stereocenters. The lowest BCUT2D eigenvalue weighted by Gasteiger charge is -2.36. The first-order chi connectivity index (χ1) is 14.5. The van der Waals surface area contributed by atoms with Gasteiger partial charge in [-0.05, 0) is 48.1 Å². The first-order valence-corrected chi connectivity index (χ1v) is 10.7. The number of nitrogens with zero attached hydrogens (tertiary/aromatic N) is 3. The third-order valence-corrected chi connectivity index (χ3v) is 6.33. The van der Waals surface area contributed by atoms with Gasteiger partial charge in [0.2, 0.25) is 5.91 Å². The monoisotopic (exact) mass is 426 g/mol. The van der Waals surface area contributed by atoms with Gasteiger partial charge in [-0.1, -0.05) is 6.07 Å². The smallest absolute Gasteiger partial charge is 0.239 e. The summed E-state index contributed by atoms with van der Waals surface area (Å²) in [4.78, 5) is 16.3. The number of ether oxygens (including phenoxy) is 2. The molecule has 0 fully saturated rings. The number of hydrogen-bond acceptors (Lipinski definition) is 6. The second kappa shape index (κ2) is 8.49. The Bertz CT molecular complexity index is 1050. The summed E-state index contributed by atoms with van der Waals surface area (Å²) in [7, 11) is 5.13. The van der Waals surface area contributed by atoms with Crippen molar-refractivity contribution in [1.82, 2.24) is 14.7 Å². The Kier molecular flexibility index (Phi) is 5.78. The van der Waals surface area contributed by atoms with Crippen molar-refractivity contribution in [1.29, 1.82) is 0 Å². The van der Waals surface area contributed by atoms with Crippen molar-refractivity contribution >= 4 is 23.1 Å². The Morgan fingerprint density at radius 2 is 2.03 bits per heavy atom. The number of carbonyl (C=O) groups is 1. The summed E-state index contributed by atoms with van der Waals surface area (Å²) >= 11 is 1.70. The summed E-state index contributed by atoms with van der Waals surface area (Å²) in [6.45, 7) is 2.98. The molecule has 30 heavy (non-hydrogen) atoms. The maximum Gasteiger partial charge on any atom is 0.239 e. The zero-order chi connectivity index (χ0) is 21.3. The van der Waals surface area contributed by atoms with E-state index in [1.54, 1.807) is 30.2 Å². The van der Waals surface area contributed by atoms with E-state index in [-0.39, 0.29) is 11.9 Å². The molecule has 3 heterocycles. The SMILES string of the molecule is COc1cc2c(cc1OC)C(c1cccs1)N(CC(=O)Nc1cc(C)nn1C)CC2. The van der Waals surface area contributed by atoms with Crippen LogP contribution < -0.4 is 14.8 Å². The number of rotatable bonds is 6. The van der Waals surface area contributed by atoms with Gasteiger partial charge >= 0.3 is 0 Å². The van der Waals surface area contributed by atoms with Crippen LogP contribution >= 0.6 is 11.3 Å². The van der Waals surface area contributed by atoms with Crippen molar-refractivity contribution in [2.45, 2.75) is 19.4 Å². The quantitative estimate of drug-likeness (QED) is 0.654. The lowest BCUT2D eigenvalue weighted by atomic mass is 9.91. The number of fused-ring (bicyclic) bond motifs is 1. The number of aryl methyl sites for hydroxylation is 2. The summed E-state index contributed by atoms with van der Waals surface area (Å²) in [5, 5.41) is 9.35. The molecule has 8 heteroatoms. The summed E-state index contributed by atoms with van der Waals surface area (Å²) in [6, 6.07) is 10.1. The van der Waals surface area contributed by atoms with Crippen molar-refractivity contribution in [2.75, 3.05) is 32.6 Å². The van der Waals surface area contributed by atoms with Crippen LogP contribution in [0.3, 0.4) is 0 Å². The third-order valence-electron chi connectivity index (χ3n) is 5.40. The fourth-order valence-corrected chi connectivity index (χ4v) is 4.92. The number of carbonyl (C=O) groups excluding carboxylic acids is 1. The number of benzene rings is 1. The molecule has 158 valence electrons. The summed E-state index contributed by atoms with van der Waals surface area (Å²) in [6.07, 6.45) is 0.843. The lowest BCUT2D eigenvalue weighted by Crippen LogP contribution is -2.41. The fraction of sp³-hybridized carbons (Fsp3) is 0.364. The Balaban J connectivity index is 1.64. The van der Waals surface area contributed by atoms with Gasteiger partial charge in [-0.3, -0.25) is 14.4 Å². The normalized spacial score (nSPS) is 16.2. The van der Waals surface area contributed by atoms with Gasteiger partial charge in [0.25, 0.3) is 0 Å². The van der Waals surface area contributed by atoms with Crippen LogP contribution in [-0.4, -0.2) is 47.9 Å². The largest absolute Gasteiger partial charge is 0.493 e. The number of amides is 1. The summed E-state index contributed by atoms with van der Waals surface area (Å²) in [5.74, 6) is 2.09. The molecule has 0 saturated heterocycles. The Morgan fingerprint density at radius 1 is 1.27 bits per heavy atom. The van der Waals surface area contributed by atoms with Crippen LogP contribution in [0, 0.1) is 6.92 Å². The van der Waals surface area contributed by atoms with Gasteiger partial charge in [-0.2, -0.15) is 5.10 Å². The van der Waals surface area contributed by atoms with Gasteiger partial charge in [-0.15, -0.1) is 11.3 Å². The van der Waals surface area contributed by atoms with Crippen LogP contribution in [0.25, 0.3) is 0 Å². The predicted molar refractivity (Wildman–Crippen MR) is 118 cm³/mol. The highest BCUT2D eigenvalue weighted by Gasteiger charge is 2.32. The molecule has 1 N–H and O–H groups in total. The van der Waals surface area contributed by atoms with E-state index in [0.29, 0.717) is 18.1 Å². The van der Waals surface area contributed by atoms with Crippen molar-refractivity contribution < 1.29 is 14.3 Å². The van der Waals surface area contributed by atoms with Crippen LogP contribution in [0.2, 0.25) is 0 Å². The second-order valence-electron chi connectivity index (χ2n) is 7.39. The molecular formula is C22H26N4O3S. The minimum absolute atomic E-state index is 0.00687. The van der Waals surface area contributed by atoms with Crippen molar-refractivity contribution in [3.05, 3.63) is 57.4 Å². The Morgan fingerprint density at radius 3 is 2.67 bits per heavy atom. The molecule has 0 spiro atoms. The number of anilines is 1. The molecule has 0 saturated carbocycles. The molecule has 0 radical (unpaired) electrons. The van der Waals surface area contributed by atoms with E-state index in [1.165, 1.54) is 10.4 Å². The van der Waals surface area contributed by atoms with Gasteiger partial charge in [-0.25, -0.2) is 0 Å². The maximum atomic E-state index is 12.9. The van der Waals surface area contributed by atoms with E-state index < -0.39 is 0 Å². The Hall–Kier alpha value is -2.84. The molecule has 3 aromatic rings.